The highest BCUT2D eigenvalue weighted by Crippen LogP contribution is 2.60. The highest BCUT2D eigenvalue weighted by atomic mass is 127. The van der Waals surface area contributed by atoms with E-state index in [1.807, 2.05) is 24.3 Å². The van der Waals surface area contributed by atoms with Crippen LogP contribution in [-0.4, -0.2) is 17.8 Å². The van der Waals surface area contributed by atoms with E-state index >= 15 is 0 Å². The predicted octanol–water partition coefficient (Wildman–Crippen LogP) is 7.75. The fourth-order valence-corrected chi connectivity index (χ4v) is 10.2. The Kier molecular flexibility index (Phi) is 7.59. The number of anilines is 1. The number of carbonyl (C=O) groups excluding carboxylic acids is 3. The van der Waals surface area contributed by atoms with Crippen molar-refractivity contribution in [3.63, 3.8) is 0 Å². The van der Waals surface area contributed by atoms with Crippen molar-refractivity contribution in [2.45, 2.75) is 50.5 Å². The normalized spacial score (nSPS) is 27.1. The molecule has 8 rings (SSSR count). The van der Waals surface area contributed by atoms with Crippen LogP contribution in [0.2, 0.25) is 0 Å². The van der Waals surface area contributed by atoms with Crippen molar-refractivity contribution < 1.29 is 23.5 Å². The number of amides is 4. The van der Waals surface area contributed by atoms with Crippen LogP contribution in [0.4, 0.5) is 14.9 Å². The molecule has 1 heterocycles. The summed E-state index contributed by atoms with van der Waals surface area (Å²) in [5.41, 5.74) is 3.32. The van der Waals surface area contributed by atoms with Crippen molar-refractivity contribution in [1.29, 1.82) is 0 Å². The molecular weight excluding hydrogens is 773 g/mol. The van der Waals surface area contributed by atoms with Gasteiger partial charge in [-0.25, -0.2) is 14.1 Å². The van der Waals surface area contributed by atoms with Crippen LogP contribution in [0.3, 0.4) is 0 Å². The summed E-state index contributed by atoms with van der Waals surface area (Å²) in [5, 5.41) is 2.34. The van der Waals surface area contributed by atoms with E-state index in [1.165, 1.54) is 62.3 Å². The molecule has 1 saturated heterocycles. The first-order valence-electron chi connectivity index (χ1n) is 14.6. The van der Waals surface area contributed by atoms with Crippen molar-refractivity contribution >= 4 is 74.8 Å². The number of halogens is 3. The van der Waals surface area contributed by atoms with Gasteiger partial charge in [0.05, 0.1) is 12.8 Å². The van der Waals surface area contributed by atoms with E-state index < -0.39 is 17.8 Å². The Morgan fingerprint density at radius 2 is 1.47 bits per heavy atom. The number of hydrogen-bond acceptors (Lipinski definition) is 4. The number of urea groups is 1. The lowest BCUT2D eigenvalue weighted by Gasteiger charge is -2.57. The molecule has 43 heavy (non-hydrogen) atoms. The Bertz CT molecular complexity index is 1610. The lowest BCUT2D eigenvalue weighted by atomic mass is 9.48. The fourth-order valence-electron chi connectivity index (χ4n) is 8.02. The third-order valence-electron chi connectivity index (χ3n) is 9.51. The third-order valence-corrected chi connectivity index (χ3v) is 11.1. The highest BCUT2D eigenvalue weighted by Gasteiger charge is 2.51. The molecule has 9 heteroatoms. The number of nitrogens with one attached hydrogen (secondary N) is 1. The molecule has 220 valence electrons. The van der Waals surface area contributed by atoms with Crippen LogP contribution < -0.4 is 15.0 Å². The maximum Gasteiger partial charge on any atom is 0.335 e. The maximum atomic E-state index is 13.6. The minimum atomic E-state index is -0.747. The van der Waals surface area contributed by atoms with Crippen molar-refractivity contribution in [1.82, 2.24) is 5.32 Å². The van der Waals surface area contributed by atoms with Gasteiger partial charge in [0.15, 0.2) is 0 Å². The summed E-state index contributed by atoms with van der Waals surface area (Å²) in [6.07, 6.45) is 9.31. The van der Waals surface area contributed by atoms with E-state index in [-0.39, 0.29) is 23.4 Å². The van der Waals surface area contributed by atoms with Crippen LogP contribution in [0.15, 0.2) is 66.2 Å². The Hall–Kier alpha value is -2.80. The lowest BCUT2D eigenvalue weighted by molar-refractivity contribution is -0.122. The van der Waals surface area contributed by atoms with Crippen LogP contribution in [-0.2, 0) is 21.6 Å². The molecule has 1 N–H and O–H groups in total. The molecule has 3 aromatic rings. The highest BCUT2D eigenvalue weighted by molar-refractivity contribution is 14.1. The van der Waals surface area contributed by atoms with Crippen molar-refractivity contribution in [2.75, 3.05) is 4.90 Å². The summed E-state index contributed by atoms with van der Waals surface area (Å²) < 4.78 is 20.8. The molecule has 4 amide bonds. The Morgan fingerprint density at radius 3 is 2.05 bits per heavy atom. The maximum absolute atomic E-state index is 13.6. The Balaban J connectivity index is 1.11. The van der Waals surface area contributed by atoms with Gasteiger partial charge in [-0.3, -0.25) is 14.9 Å². The SMILES string of the molecule is O=C1NC(=O)N(c2ccc(C34CC5CC(CC(C5)C3)C4)cc2)C(=O)/C1=C/c1cc(I)c(OCc2ccc(F)cc2)c(I)c1. The van der Waals surface area contributed by atoms with E-state index in [0.29, 0.717) is 17.0 Å². The van der Waals surface area contributed by atoms with E-state index in [2.05, 4.69) is 62.6 Å². The molecule has 1 aliphatic heterocycles. The largest absolute Gasteiger partial charge is 0.487 e. The quantitative estimate of drug-likeness (QED) is 0.157. The molecule has 4 aliphatic carbocycles. The second-order valence-electron chi connectivity index (χ2n) is 12.4. The topological polar surface area (TPSA) is 75.7 Å². The summed E-state index contributed by atoms with van der Waals surface area (Å²) in [7, 11) is 0. The van der Waals surface area contributed by atoms with E-state index in [4.69, 9.17) is 4.74 Å². The number of rotatable bonds is 6. The monoisotopic (exact) mass is 802 g/mol. The number of imide groups is 2. The number of carbonyl (C=O) groups is 3. The van der Waals surface area contributed by atoms with Gasteiger partial charge in [0.2, 0.25) is 0 Å². The molecule has 0 radical (unpaired) electrons. The summed E-state index contributed by atoms with van der Waals surface area (Å²) in [5.74, 6) is 1.43. The second-order valence-corrected chi connectivity index (χ2v) is 14.8. The fraction of sp³-hybridized carbons (Fsp3) is 0.324. The van der Waals surface area contributed by atoms with E-state index in [1.54, 1.807) is 12.1 Å². The Labute approximate surface area is 276 Å². The Morgan fingerprint density at radius 1 is 0.884 bits per heavy atom. The molecule has 4 bridgehead atoms. The predicted molar refractivity (Wildman–Crippen MR) is 178 cm³/mol. The molecule has 6 nitrogen and oxygen atoms in total. The smallest absolute Gasteiger partial charge is 0.335 e. The van der Waals surface area contributed by atoms with Crippen LogP contribution in [0.1, 0.15) is 55.2 Å². The van der Waals surface area contributed by atoms with Crippen LogP contribution in [0.5, 0.6) is 5.75 Å². The number of barbiturate groups is 1. The first kappa shape index (κ1) is 28.9. The molecule has 5 aliphatic rings. The van der Waals surface area contributed by atoms with Crippen LogP contribution in [0.25, 0.3) is 6.08 Å². The average molecular weight is 802 g/mol. The summed E-state index contributed by atoms with van der Waals surface area (Å²) in [6, 6.07) is 16.9. The van der Waals surface area contributed by atoms with Gasteiger partial charge >= 0.3 is 6.03 Å². The summed E-state index contributed by atoms with van der Waals surface area (Å²) in [4.78, 5) is 40.4. The van der Waals surface area contributed by atoms with Gasteiger partial charge in [-0.1, -0.05) is 24.3 Å². The molecular formula is C34H29FI2N2O4. The zero-order valence-electron chi connectivity index (χ0n) is 23.2. The number of nitrogens with zero attached hydrogens (tertiary/aromatic N) is 1. The molecule has 5 fully saturated rings. The molecule has 0 atom stereocenters. The van der Waals surface area contributed by atoms with Gasteiger partial charge in [0.1, 0.15) is 23.7 Å². The number of benzene rings is 3. The first-order chi connectivity index (χ1) is 20.7. The zero-order chi connectivity index (χ0) is 29.9. The minimum Gasteiger partial charge on any atom is -0.487 e. The standard InChI is InChI=1S/C34H29FI2N2O4/c35-25-5-1-19(2-6-25)18-43-30-28(36)13-20(14-29(30)37)12-27-31(40)38-33(42)39(32(27)41)26-7-3-24(4-8-26)34-15-21-9-22(16-34)11-23(10-21)17-34/h1-8,12-14,21-23H,9-11,15-18H2,(H,38,40,42)/b27-12+. The van der Waals surface area contributed by atoms with Crippen LogP contribution in [0, 0.1) is 30.7 Å². The van der Waals surface area contributed by atoms with Gasteiger partial charge in [0, 0.05) is 0 Å². The summed E-state index contributed by atoms with van der Waals surface area (Å²) >= 11 is 4.29. The van der Waals surface area contributed by atoms with Gasteiger partial charge < -0.3 is 4.74 Å². The molecule has 3 aromatic carbocycles. The first-order valence-corrected chi connectivity index (χ1v) is 16.7. The minimum absolute atomic E-state index is 0.114. The van der Waals surface area contributed by atoms with Crippen molar-refractivity contribution in [3.05, 3.63) is 95.9 Å². The number of ether oxygens (including phenoxy) is 1. The molecule has 0 unspecified atom stereocenters. The zero-order valence-corrected chi connectivity index (χ0v) is 27.6. The van der Waals surface area contributed by atoms with Gasteiger partial charge in [-0.2, -0.15) is 0 Å². The van der Waals surface area contributed by atoms with Gasteiger partial charge in [0.25, 0.3) is 11.8 Å². The molecule has 0 spiro atoms. The molecule has 0 aromatic heterocycles. The number of hydrogen-bond donors (Lipinski definition) is 1. The molecule has 4 saturated carbocycles. The van der Waals surface area contributed by atoms with Crippen LogP contribution >= 0.6 is 45.2 Å². The van der Waals surface area contributed by atoms with Gasteiger partial charge in [-0.15, -0.1) is 0 Å². The van der Waals surface area contributed by atoms with Crippen molar-refractivity contribution in [2.24, 2.45) is 17.8 Å². The average Bonchev–Trinajstić information content (AvgIpc) is 2.95. The third kappa shape index (κ3) is 5.51. The van der Waals surface area contributed by atoms with Gasteiger partial charge in [-0.05, 0) is 166 Å². The van der Waals surface area contributed by atoms with E-state index in [0.717, 1.165) is 35.4 Å². The van der Waals surface area contributed by atoms with Crippen molar-refractivity contribution in [3.8, 4) is 5.75 Å². The van der Waals surface area contributed by atoms with E-state index in [9.17, 15) is 18.8 Å². The summed E-state index contributed by atoms with van der Waals surface area (Å²) in [6.45, 7) is 0.270. The second kappa shape index (κ2) is 11.3. The lowest BCUT2D eigenvalue weighted by Crippen LogP contribution is -2.54.